The third kappa shape index (κ3) is 3.65. The number of benzene rings is 1. The standard InChI is InChI=1S/C16H13F3N6/c17-16(18,19)15(21)24-13(20)12-9-25-7-6-22-14(25)11(23-12)8-10-4-2-1-3-5-10/h1-7,9H,8H2,(H3,20,21,24). The van der Waals surface area contributed by atoms with Crippen molar-refractivity contribution in [1.29, 1.82) is 5.41 Å². The molecule has 25 heavy (non-hydrogen) atoms. The number of fused-ring (bicyclic) bond motifs is 1. The maximum absolute atomic E-state index is 12.5. The molecule has 0 aliphatic heterocycles. The van der Waals surface area contributed by atoms with Gasteiger partial charge < -0.3 is 10.1 Å². The zero-order valence-electron chi connectivity index (χ0n) is 12.8. The van der Waals surface area contributed by atoms with Crippen LogP contribution in [0.2, 0.25) is 0 Å². The molecule has 6 nitrogen and oxygen atoms in total. The molecule has 9 heteroatoms. The molecule has 0 spiro atoms. The van der Waals surface area contributed by atoms with Gasteiger partial charge in [-0.15, -0.1) is 0 Å². The Balaban J connectivity index is 2.01. The van der Waals surface area contributed by atoms with Gasteiger partial charge in [0.05, 0.1) is 5.69 Å². The summed E-state index contributed by atoms with van der Waals surface area (Å²) in [6, 6.07) is 9.43. The Labute approximate surface area is 140 Å². The van der Waals surface area contributed by atoms with Crippen LogP contribution in [0.3, 0.4) is 0 Å². The molecule has 3 aromatic rings. The molecule has 0 amide bonds. The lowest BCUT2D eigenvalue weighted by molar-refractivity contribution is -0.0597. The first-order valence-electron chi connectivity index (χ1n) is 7.21. The van der Waals surface area contributed by atoms with Gasteiger partial charge in [-0.05, 0) is 5.56 Å². The Morgan fingerprint density at radius 3 is 2.64 bits per heavy atom. The van der Waals surface area contributed by atoms with E-state index in [9.17, 15) is 13.2 Å². The fourth-order valence-electron chi connectivity index (χ4n) is 2.26. The molecule has 0 saturated carbocycles. The van der Waals surface area contributed by atoms with Crippen molar-refractivity contribution in [3.8, 4) is 0 Å². The first-order valence-corrected chi connectivity index (χ1v) is 7.21. The van der Waals surface area contributed by atoms with Crippen molar-refractivity contribution in [1.82, 2.24) is 14.4 Å². The summed E-state index contributed by atoms with van der Waals surface area (Å²) in [7, 11) is 0. The van der Waals surface area contributed by atoms with Crippen LogP contribution < -0.4 is 5.73 Å². The zero-order chi connectivity index (χ0) is 18.0. The van der Waals surface area contributed by atoms with Gasteiger partial charge in [-0.3, -0.25) is 5.41 Å². The topological polar surface area (TPSA) is 92.4 Å². The molecule has 1 aromatic carbocycles. The molecule has 128 valence electrons. The van der Waals surface area contributed by atoms with E-state index in [-0.39, 0.29) is 5.69 Å². The van der Waals surface area contributed by atoms with E-state index in [4.69, 9.17) is 11.1 Å². The Hall–Kier alpha value is -3.23. The molecular weight excluding hydrogens is 333 g/mol. The first kappa shape index (κ1) is 16.6. The maximum Gasteiger partial charge on any atom is 0.449 e. The number of hydrogen-bond acceptors (Lipinski definition) is 3. The van der Waals surface area contributed by atoms with Crippen molar-refractivity contribution in [2.75, 3.05) is 0 Å². The second kappa shape index (κ2) is 6.34. The largest absolute Gasteiger partial charge is 0.449 e. The van der Waals surface area contributed by atoms with Gasteiger partial charge in [0.2, 0.25) is 5.84 Å². The highest BCUT2D eigenvalue weighted by molar-refractivity contribution is 6.04. The van der Waals surface area contributed by atoms with Crippen molar-refractivity contribution < 1.29 is 13.2 Å². The minimum Gasteiger partial charge on any atom is -0.380 e. The molecule has 0 radical (unpaired) electrons. The van der Waals surface area contributed by atoms with E-state index in [0.29, 0.717) is 17.8 Å². The maximum atomic E-state index is 12.5. The summed E-state index contributed by atoms with van der Waals surface area (Å²) >= 11 is 0. The fourth-order valence-corrected chi connectivity index (χ4v) is 2.26. The molecule has 3 rings (SSSR count). The quantitative estimate of drug-likeness (QED) is 0.564. The van der Waals surface area contributed by atoms with Gasteiger partial charge >= 0.3 is 6.18 Å². The molecule has 0 atom stereocenters. The van der Waals surface area contributed by atoms with Crippen LogP contribution in [0, 0.1) is 5.41 Å². The summed E-state index contributed by atoms with van der Waals surface area (Å²) < 4.78 is 39.1. The number of rotatable bonds is 3. The van der Waals surface area contributed by atoms with Crippen LogP contribution in [0.5, 0.6) is 0 Å². The number of nitrogens with zero attached hydrogens (tertiary/aromatic N) is 4. The van der Waals surface area contributed by atoms with Gasteiger partial charge in [-0.1, -0.05) is 30.3 Å². The van der Waals surface area contributed by atoms with E-state index < -0.39 is 17.8 Å². The van der Waals surface area contributed by atoms with Crippen molar-refractivity contribution in [3.05, 3.63) is 65.9 Å². The first-order chi connectivity index (χ1) is 11.8. The highest BCUT2D eigenvalue weighted by Crippen LogP contribution is 2.17. The number of aromatic nitrogens is 3. The molecule has 0 aliphatic carbocycles. The average molecular weight is 346 g/mol. The van der Waals surface area contributed by atoms with E-state index in [1.54, 1.807) is 16.8 Å². The van der Waals surface area contributed by atoms with Crippen molar-refractivity contribution in [2.24, 2.45) is 10.7 Å². The summed E-state index contributed by atoms with van der Waals surface area (Å²) in [6.07, 6.45) is 0.191. The molecule has 0 fully saturated rings. The molecule has 0 unspecified atom stereocenters. The van der Waals surface area contributed by atoms with E-state index in [2.05, 4.69) is 15.0 Å². The highest BCUT2D eigenvalue weighted by Gasteiger charge is 2.34. The van der Waals surface area contributed by atoms with Gasteiger partial charge in [-0.2, -0.15) is 13.2 Å². The summed E-state index contributed by atoms with van der Waals surface area (Å²) in [4.78, 5) is 11.6. The molecular formula is C16H13F3N6. The lowest BCUT2D eigenvalue weighted by Crippen LogP contribution is -2.32. The van der Waals surface area contributed by atoms with Crippen LogP contribution in [-0.4, -0.2) is 32.2 Å². The Bertz CT molecular complexity index is 943. The fraction of sp³-hybridized carbons (Fsp3) is 0.125. The van der Waals surface area contributed by atoms with Crippen LogP contribution in [0.4, 0.5) is 13.2 Å². The van der Waals surface area contributed by atoms with Crippen LogP contribution in [0.1, 0.15) is 17.0 Å². The lowest BCUT2D eigenvalue weighted by Gasteiger charge is -2.08. The summed E-state index contributed by atoms with van der Waals surface area (Å²) in [6.45, 7) is 0. The number of halogens is 3. The number of aliphatic imine (C=N–C) groups is 1. The van der Waals surface area contributed by atoms with Gasteiger partial charge in [0.25, 0.3) is 0 Å². The third-order valence-electron chi connectivity index (χ3n) is 3.42. The van der Waals surface area contributed by atoms with E-state index >= 15 is 0 Å². The Morgan fingerprint density at radius 1 is 1.24 bits per heavy atom. The average Bonchev–Trinajstić information content (AvgIpc) is 3.03. The molecule has 0 bridgehead atoms. The second-order valence-corrected chi connectivity index (χ2v) is 5.24. The summed E-state index contributed by atoms with van der Waals surface area (Å²) in [5.74, 6) is -2.26. The summed E-state index contributed by atoms with van der Waals surface area (Å²) in [5.41, 5.74) is 6.91. The molecule has 2 heterocycles. The monoisotopic (exact) mass is 346 g/mol. The van der Waals surface area contributed by atoms with E-state index in [1.807, 2.05) is 30.3 Å². The van der Waals surface area contributed by atoms with Gasteiger partial charge in [0.15, 0.2) is 11.5 Å². The Morgan fingerprint density at radius 2 is 1.96 bits per heavy atom. The van der Waals surface area contributed by atoms with Gasteiger partial charge in [0.1, 0.15) is 5.69 Å². The SMILES string of the molecule is N=C(N=C(N)C(F)(F)F)c1cn2ccnc2c(Cc2ccccc2)n1. The second-order valence-electron chi connectivity index (χ2n) is 5.24. The molecule has 3 N–H and O–H groups in total. The zero-order valence-corrected chi connectivity index (χ0v) is 12.8. The van der Waals surface area contributed by atoms with Crippen molar-refractivity contribution in [3.63, 3.8) is 0 Å². The summed E-state index contributed by atoms with van der Waals surface area (Å²) in [5, 5.41) is 7.78. The number of hydrogen-bond donors (Lipinski definition) is 2. The minimum atomic E-state index is -4.79. The minimum absolute atomic E-state index is 0.0244. The number of alkyl halides is 3. The normalized spacial score (nSPS) is 12.5. The Kier molecular flexibility index (Phi) is 4.22. The number of nitrogens with one attached hydrogen (secondary N) is 1. The van der Waals surface area contributed by atoms with Gasteiger partial charge in [-0.25, -0.2) is 15.0 Å². The number of imidazole rings is 1. The predicted octanol–water partition coefficient (Wildman–Crippen LogP) is 2.56. The van der Waals surface area contributed by atoms with Crippen LogP contribution in [0.15, 0.2) is 53.9 Å². The van der Waals surface area contributed by atoms with E-state index in [0.717, 1.165) is 5.56 Å². The number of nitrogens with two attached hydrogens (primary N) is 1. The molecule has 0 saturated heterocycles. The highest BCUT2D eigenvalue weighted by atomic mass is 19.4. The van der Waals surface area contributed by atoms with E-state index in [1.165, 1.54) is 6.20 Å². The van der Waals surface area contributed by atoms with Crippen molar-refractivity contribution >= 4 is 17.3 Å². The predicted molar refractivity (Wildman–Crippen MR) is 86.7 cm³/mol. The lowest BCUT2D eigenvalue weighted by atomic mass is 10.1. The van der Waals surface area contributed by atoms with Crippen molar-refractivity contribution in [2.45, 2.75) is 12.6 Å². The molecule has 0 aliphatic rings. The van der Waals surface area contributed by atoms with Crippen LogP contribution in [0.25, 0.3) is 5.65 Å². The van der Waals surface area contributed by atoms with Crippen LogP contribution >= 0.6 is 0 Å². The third-order valence-corrected chi connectivity index (χ3v) is 3.42. The smallest absolute Gasteiger partial charge is 0.380 e. The molecule has 2 aromatic heterocycles. The van der Waals surface area contributed by atoms with Gasteiger partial charge in [0, 0.05) is 25.0 Å². The number of amidine groups is 2. The van der Waals surface area contributed by atoms with Crippen LogP contribution in [-0.2, 0) is 6.42 Å².